The Labute approximate surface area is 138 Å². The summed E-state index contributed by atoms with van der Waals surface area (Å²) in [6.45, 7) is 1.59. The van der Waals surface area contributed by atoms with Crippen LogP contribution in [0, 0.1) is 5.82 Å². The van der Waals surface area contributed by atoms with E-state index in [0.29, 0.717) is 11.4 Å². The average molecular weight is 329 g/mol. The summed E-state index contributed by atoms with van der Waals surface area (Å²) in [5.41, 5.74) is 3.43. The summed E-state index contributed by atoms with van der Waals surface area (Å²) >= 11 is 0. The lowest BCUT2D eigenvalue weighted by Gasteiger charge is -2.05. The van der Waals surface area contributed by atoms with Crippen molar-refractivity contribution < 1.29 is 19.1 Å². The van der Waals surface area contributed by atoms with E-state index >= 15 is 0 Å². The molecule has 2 aromatic carbocycles. The second-order valence-corrected chi connectivity index (χ2v) is 5.07. The fourth-order valence-corrected chi connectivity index (χ4v) is 1.87. The molecule has 0 saturated carbocycles. The number of phenols is 1. The predicted octanol–water partition coefficient (Wildman–Crippen LogP) is 2.67. The van der Waals surface area contributed by atoms with Crippen LogP contribution in [0.1, 0.15) is 23.7 Å². The lowest BCUT2D eigenvalue weighted by Crippen LogP contribution is -2.21. The molecule has 0 fully saturated rings. The molecule has 24 heavy (non-hydrogen) atoms. The van der Waals surface area contributed by atoms with E-state index in [-0.39, 0.29) is 29.5 Å². The van der Waals surface area contributed by atoms with Crippen molar-refractivity contribution in [2.75, 3.05) is 5.32 Å². The zero-order chi connectivity index (χ0) is 17.5. The van der Waals surface area contributed by atoms with Gasteiger partial charge in [-0.3, -0.25) is 9.59 Å². The molecule has 0 bridgehead atoms. The van der Waals surface area contributed by atoms with Gasteiger partial charge in [0.25, 0.3) is 5.91 Å². The molecule has 0 radical (unpaired) electrons. The molecule has 0 atom stereocenters. The van der Waals surface area contributed by atoms with Gasteiger partial charge in [-0.2, -0.15) is 5.10 Å². The van der Waals surface area contributed by atoms with E-state index in [1.165, 1.54) is 48.5 Å². The number of rotatable bonds is 5. The number of amides is 2. The van der Waals surface area contributed by atoms with E-state index in [4.69, 9.17) is 0 Å². The van der Waals surface area contributed by atoms with Gasteiger partial charge in [-0.1, -0.05) is 6.07 Å². The van der Waals surface area contributed by atoms with E-state index in [0.717, 1.165) is 0 Å². The maximum atomic E-state index is 12.8. The Kier molecular flexibility index (Phi) is 5.62. The SMILES string of the molecule is C/C(CC(=O)Nc1ccc(F)cc1)=N/NC(=O)c1cccc(O)c1. The summed E-state index contributed by atoms with van der Waals surface area (Å²) < 4.78 is 12.8. The van der Waals surface area contributed by atoms with Crippen molar-refractivity contribution >= 4 is 23.2 Å². The third-order valence-electron chi connectivity index (χ3n) is 3.00. The monoisotopic (exact) mass is 329 g/mol. The highest BCUT2D eigenvalue weighted by atomic mass is 19.1. The quantitative estimate of drug-likeness (QED) is 0.582. The number of nitrogens with one attached hydrogen (secondary N) is 2. The number of phenolic OH excluding ortho intramolecular Hbond substituents is 1. The summed E-state index contributed by atoms with van der Waals surface area (Å²) in [6.07, 6.45) is -0.0301. The zero-order valence-corrected chi connectivity index (χ0v) is 12.9. The topological polar surface area (TPSA) is 90.8 Å². The van der Waals surface area contributed by atoms with Gasteiger partial charge in [0.1, 0.15) is 11.6 Å². The third kappa shape index (κ3) is 5.20. The van der Waals surface area contributed by atoms with Crippen LogP contribution >= 0.6 is 0 Å². The Morgan fingerprint density at radius 3 is 2.54 bits per heavy atom. The maximum absolute atomic E-state index is 12.8. The minimum atomic E-state index is -0.496. The van der Waals surface area contributed by atoms with Gasteiger partial charge in [-0.25, -0.2) is 9.82 Å². The summed E-state index contributed by atoms with van der Waals surface area (Å²) in [5.74, 6) is -1.25. The molecule has 6 nitrogen and oxygen atoms in total. The molecule has 0 heterocycles. The van der Waals surface area contributed by atoms with E-state index in [1.807, 2.05) is 0 Å². The molecule has 0 spiro atoms. The van der Waals surface area contributed by atoms with Crippen molar-refractivity contribution in [2.45, 2.75) is 13.3 Å². The first-order valence-electron chi connectivity index (χ1n) is 7.12. The van der Waals surface area contributed by atoms with Crippen LogP contribution in [-0.4, -0.2) is 22.6 Å². The molecule has 0 aliphatic heterocycles. The first-order chi connectivity index (χ1) is 11.4. The molecule has 0 aliphatic carbocycles. The van der Waals surface area contributed by atoms with Crippen LogP contribution in [-0.2, 0) is 4.79 Å². The van der Waals surface area contributed by atoms with Crippen molar-refractivity contribution in [3.8, 4) is 5.75 Å². The van der Waals surface area contributed by atoms with Gasteiger partial charge in [0.15, 0.2) is 0 Å². The maximum Gasteiger partial charge on any atom is 0.271 e. The molecular weight excluding hydrogens is 313 g/mol. The van der Waals surface area contributed by atoms with Gasteiger partial charge in [0.05, 0.1) is 6.42 Å². The summed E-state index contributed by atoms with van der Waals surface area (Å²) in [4.78, 5) is 23.7. The van der Waals surface area contributed by atoms with Crippen molar-refractivity contribution in [3.63, 3.8) is 0 Å². The number of carbonyl (C=O) groups is 2. The zero-order valence-electron chi connectivity index (χ0n) is 12.9. The Morgan fingerprint density at radius 1 is 1.17 bits per heavy atom. The standard InChI is InChI=1S/C17H16FN3O3/c1-11(9-16(23)19-14-7-5-13(18)6-8-14)20-21-17(24)12-3-2-4-15(22)10-12/h2-8,10,22H,9H2,1H3,(H,19,23)(H,21,24)/b20-11-. The average Bonchev–Trinajstić information content (AvgIpc) is 2.54. The van der Waals surface area contributed by atoms with Gasteiger partial charge >= 0.3 is 0 Å². The third-order valence-corrected chi connectivity index (χ3v) is 3.00. The van der Waals surface area contributed by atoms with Gasteiger partial charge in [-0.05, 0) is 49.4 Å². The number of benzene rings is 2. The van der Waals surface area contributed by atoms with Crippen LogP contribution in [0.4, 0.5) is 10.1 Å². The fraction of sp³-hybridized carbons (Fsp3) is 0.118. The smallest absolute Gasteiger partial charge is 0.271 e. The van der Waals surface area contributed by atoms with Crippen molar-refractivity contribution in [3.05, 3.63) is 59.9 Å². The molecule has 124 valence electrons. The number of halogens is 1. The molecule has 7 heteroatoms. The second kappa shape index (κ2) is 7.87. The van der Waals surface area contributed by atoms with Crippen LogP contribution in [0.15, 0.2) is 53.6 Å². The number of carbonyl (C=O) groups excluding carboxylic acids is 2. The summed E-state index contributed by atoms with van der Waals surface area (Å²) in [7, 11) is 0. The number of hydrazone groups is 1. The second-order valence-electron chi connectivity index (χ2n) is 5.07. The van der Waals surface area contributed by atoms with E-state index in [2.05, 4.69) is 15.8 Å². The molecule has 0 aliphatic rings. The Morgan fingerprint density at radius 2 is 1.88 bits per heavy atom. The number of hydrogen-bond donors (Lipinski definition) is 3. The molecule has 2 rings (SSSR count). The molecule has 3 N–H and O–H groups in total. The number of hydrogen-bond acceptors (Lipinski definition) is 4. The number of anilines is 1. The van der Waals surface area contributed by atoms with Crippen molar-refractivity contribution in [2.24, 2.45) is 5.10 Å². The van der Waals surface area contributed by atoms with Gasteiger partial charge in [0, 0.05) is 17.0 Å². The Hall–Kier alpha value is -3.22. The molecule has 2 amide bonds. The minimum absolute atomic E-state index is 0.0259. The molecule has 0 aromatic heterocycles. The normalized spacial score (nSPS) is 11.0. The number of nitrogens with zero attached hydrogens (tertiary/aromatic N) is 1. The first kappa shape index (κ1) is 17.1. The highest BCUT2D eigenvalue weighted by Crippen LogP contribution is 2.11. The van der Waals surface area contributed by atoms with Gasteiger partial charge in [0.2, 0.25) is 5.91 Å². The highest BCUT2D eigenvalue weighted by Gasteiger charge is 2.07. The van der Waals surface area contributed by atoms with Crippen LogP contribution in [0.2, 0.25) is 0 Å². The van der Waals surface area contributed by atoms with E-state index in [9.17, 15) is 19.1 Å². The predicted molar refractivity (Wildman–Crippen MR) is 88.3 cm³/mol. The van der Waals surface area contributed by atoms with Gasteiger partial charge < -0.3 is 10.4 Å². The molecule has 2 aromatic rings. The number of aromatic hydroxyl groups is 1. The Bertz CT molecular complexity index is 773. The minimum Gasteiger partial charge on any atom is -0.508 e. The van der Waals surface area contributed by atoms with E-state index < -0.39 is 5.91 Å². The van der Waals surface area contributed by atoms with Crippen LogP contribution in [0.25, 0.3) is 0 Å². The van der Waals surface area contributed by atoms with Crippen molar-refractivity contribution in [1.82, 2.24) is 5.43 Å². The van der Waals surface area contributed by atoms with E-state index in [1.54, 1.807) is 6.92 Å². The lowest BCUT2D eigenvalue weighted by molar-refractivity contribution is -0.115. The Balaban J connectivity index is 1.87. The molecule has 0 unspecified atom stereocenters. The van der Waals surface area contributed by atoms with Crippen LogP contribution in [0.3, 0.4) is 0 Å². The van der Waals surface area contributed by atoms with Crippen LogP contribution in [0.5, 0.6) is 5.75 Å². The lowest BCUT2D eigenvalue weighted by atomic mass is 10.2. The molecular formula is C17H16FN3O3. The summed E-state index contributed by atoms with van der Waals surface area (Å²) in [5, 5.41) is 15.8. The summed E-state index contributed by atoms with van der Waals surface area (Å²) in [6, 6.07) is 11.2. The first-order valence-corrected chi connectivity index (χ1v) is 7.12. The molecule has 0 saturated heterocycles. The fourth-order valence-electron chi connectivity index (χ4n) is 1.87. The van der Waals surface area contributed by atoms with Crippen LogP contribution < -0.4 is 10.7 Å². The highest BCUT2D eigenvalue weighted by molar-refractivity contribution is 6.06. The van der Waals surface area contributed by atoms with Gasteiger partial charge in [-0.15, -0.1) is 0 Å². The van der Waals surface area contributed by atoms with Crippen molar-refractivity contribution in [1.29, 1.82) is 0 Å². The largest absolute Gasteiger partial charge is 0.508 e.